The van der Waals surface area contributed by atoms with Gasteiger partial charge < -0.3 is 14.2 Å². The quantitative estimate of drug-likeness (QED) is 0.489. The summed E-state index contributed by atoms with van der Waals surface area (Å²) in [7, 11) is 3.10. The van der Waals surface area contributed by atoms with Gasteiger partial charge >= 0.3 is 12.1 Å². The van der Waals surface area contributed by atoms with Gasteiger partial charge in [-0.1, -0.05) is 34.1 Å². The Hall–Kier alpha value is -2.64. The van der Waals surface area contributed by atoms with Crippen LogP contribution in [0, 0.1) is 0 Å². The van der Waals surface area contributed by atoms with Crippen LogP contribution in [-0.2, 0) is 19.0 Å². The fraction of sp³-hybridized carbons (Fsp3) is 0.238. The van der Waals surface area contributed by atoms with E-state index in [-0.39, 0.29) is 12.8 Å². The summed E-state index contributed by atoms with van der Waals surface area (Å²) in [6, 6.07) is 13.1. The van der Waals surface area contributed by atoms with Crippen molar-refractivity contribution in [2.45, 2.75) is 12.8 Å². The maximum Gasteiger partial charge on any atom is 0.419 e. The second kappa shape index (κ2) is 8.58. The second-order valence-corrected chi connectivity index (χ2v) is 7.27. The normalized spacial score (nSPS) is 15.8. The molecule has 6 nitrogen and oxygen atoms in total. The SMILES string of the molecule is COCOC(=O)C(C)c1ccc2c(c1)/C(=C/c1ccc(Br)cc1)OC(=O)N2C. The minimum atomic E-state index is -0.489. The highest BCUT2D eigenvalue weighted by Crippen LogP contribution is 2.36. The summed E-state index contributed by atoms with van der Waals surface area (Å²) in [5.74, 6) is -0.446. The Morgan fingerprint density at radius 1 is 1.25 bits per heavy atom. The summed E-state index contributed by atoms with van der Waals surface area (Å²) < 4.78 is 16.3. The van der Waals surface area contributed by atoms with Crippen LogP contribution in [0.2, 0.25) is 0 Å². The molecule has 1 heterocycles. The van der Waals surface area contributed by atoms with Gasteiger partial charge in [0.1, 0.15) is 5.76 Å². The first-order chi connectivity index (χ1) is 13.4. The van der Waals surface area contributed by atoms with Crippen LogP contribution in [0.3, 0.4) is 0 Å². The predicted molar refractivity (Wildman–Crippen MR) is 110 cm³/mol. The zero-order valence-corrected chi connectivity index (χ0v) is 17.4. The molecule has 2 aromatic rings. The number of methoxy groups -OCH3 is 1. The number of hydrogen-bond acceptors (Lipinski definition) is 5. The van der Waals surface area contributed by atoms with Crippen molar-refractivity contribution >= 4 is 45.5 Å². The van der Waals surface area contributed by atoms with E-state index in [0.29, 0.717) is 11.4 Å². The molecule has 0 bridgehead atoms. The molecule has 3 rings (SSSR count). The summed E-state index contributed by atoms with van der Waals surface area (Å²) in [6.45, 7) is 1.67. The number of amides is 1. The maximum atomic E-state index is 12.2. The third kappa shape index (κ3) is 4.26. The lowest BCUT2D eigenvalue weighted by Crippen LogP contribution is -2.31. The van der Waals surface area contributed by atoms with Crippen molar-refractivity contribution in [2.75, 3.05) is 25.9 Å². The molecule has 28 heavy (non-hydrogen) atoms. The van der Waals surface area contributed by atoms with Crippen molar-refractivity contribution in [3.8, 4) is 0 Å². The molecule has 1 amide bonds. The number of cyclic esters (lactones) is 1. The molecule has 0 aromatic heterocycles. The molecule has 1 atom stereocenters. The number of rotatable bonds is 5. The van der Waals surface area contributed by atoms with E-state index in [2.05, 4.69) is 15.9 Å². The molecule has 0 fully saturated rings. The second-order valence-electron chi connectivity index (χ2n) is 6.36. The summed E-state index contributed by atoms with van der Waals surface area (Å²) in [5.41, 5.74) is 3.09. The van der Waals surface area contributed by atoms with Crippen molar-refractivity contribution in [2.24, 2.45) is 0 Å². The van der Waals surface area contributed by atoms with Crippen molar-refractivity contribution in [1.82, 2.24) is 0 Å². The number of esters is 1. The van der Waals surface area contributed by atoms with Crippen LogP contribution in [0.5, 0.6) is 0 Å². The molecule has 1 aliphatic rings. The van der Waals surface area contributed by atoms with E-state index in [4.69, 9.17) is 14.2 Å². The van der Waals surface area contributed by atoms with Gasteiger partial charge in [0.25, 0.3) is 0 Å². The minimum absolute atomic E-state index is 0.0941. The highest BCUT2D eigenvalue weighted by molar-refractivity contribution is 9.10. The van der Waals surface area contributed by atoms with Crippen molar-refractivity contribution in [3.05, 3.63) is 63.6 Å². The van der Waals surface area contributed by atoms with Crippen molar-refractivity contribution in [1.29, 1.82) is 0 Å². The largest absolute Gasteiger partial charge is 0.438 e. The van der Waals surface area contributed by atoms with Crippen molar-refractivity contribution in [3.63, 3.8) is 0 Å². The lowest BCUT2D eigenvalue weighted by atomic mass is 9.96. The van der Waals surface area contributed by atoms with Crippen LogP contribution < -0.4 is 4.90 Å². The zero-order valence-electron chi connectivity index (χ0n) is 15.8. The molecule has 0 saturated heterocycles. The van der Waals surface area contributed by atoms with E-state index in [1.165, 1.54) is 12.0 Å². The summed E-state index contributed by atoms with van der Waals surface area (Å²) in [4.78, 5) is 25.8. The lowest BCUT2D eigenvalue weighted by Gasteiger charge is -2.28. The summed E-state index contributed by atoms with van der Waals surface area (Å²) in [6.07, 6.45) is 1.34. The maximum absolute atomic E-state index is 12.2. The summed E-state index contributed by atoms with van der Waals surface area (Å²) in [5, 5.41) is 0. The Morgan fingerprint density at radius 2 is 1.96 bits per heavy atom. The number of carbonyl (C=O) groups is 2. The smallest absolute Gasteiger partial charge is 0.419 e. The Balaban J connectivity index is 2.00. The van der Waals surface area contributed by atoms with Gasteiger partial charge in [0, 0.05) is 24.2 Å². The van der Waals surface area contributed by atoms with Crippen molar-refractivity contribution < 1.29 is 23.8 Å². The molecule has 0 saturated carbocycles. The van der Waals surface area contributed by atoms with Crippen LogP contribution in [0.4, 0.5) is 10.5 Å². The summed E-state index contributed by atoms with van der Waals surface area (Å²) >= 11 is 3.41. The highest BCUT2D eigenvalue weighted by Gasteiger charge is 2.28. The van der Waals surface area contributed by atoms with Gasteiger partial charge in [-0.2, -0.15) is 0 Å². The van der Waals surface area contributed by atoms with E-state index >= 15 is 0 Å². The monoisotopic (exact) mass is 445 g/mol. The number of anilines is 1. The van der Waals surface area contributed by atoms with Gasteiger partial charge in [-0.05, 0) is 48.4 Å². The van der Waals surface area contributed by atoms with Crippen LogP contribution in [0.25, 0.3) is 11.8 Å². The number of hydrogen-bond donors (Lipinski definition) is 0. The first-order valence-electron chi connectivity index (χ1n) is 8.63. The number of ether oxygens (including phenoxy) is 3. The number of benzene rings is 2. The zero-order chi connectivity index (χ0) is 20.3. The van der Waals surface area contributed by atoms with Crippen LogP contribution in [-0.4, -0.2) is 33.0 Å². The number of nitrogens with zero attached hydrogens (tertiary/aromatic N) is 1. The average Bonchev–Trinajstić information content (AvgIpc) is 2.70. The Kier molecular flexibility index (Phi) is 6.16. The predicted octanol–water partition coefficient (Wildman–Crippen LogP) is 4.78. The molecule has 0 radical (unpaired) electrons. The average molecular weight is 446 g/mol. The van der Waals surface area contributed by atoms with E-state index in [0.717, 1.165) is 21.2 Å². The highest BCUT2D eigenvalue weighted by atomic mass is 79.9. The van der Waals surface area contributed by atoms with E-state index in [1.54, 1.807) is 26.1 Å². The van der Waals surface area contributed by atoms with E-state index in [1.807, 2.05) is 36.4 Å². The van der Waals surface area contributed by atoms with Gasteiger partial charge in [-0.15, -0.1) is 0 Å². The first kappa shape index (κ1) is 20.1. The lowest BCUT2D eigenvalue weighted by molar-refractivity contribution is -0.155. The van der Waals surface area contributed by atoms with Crippen LogP contribution in [0.1, 0.15) is 29.5 Å². The van der Waals surface area contributed by atoms with Gasteiger partial charge in [-0.3, -0.25) is 9.69 Å². The molecule has 0 aliphatic carbocycles. The molecule has 1 aliphatic heterocycles. The molecule has 7 heteroatoms. The first-order valence-corrected chi connectivity index (χ1v) is 9.42. The number of carbonyl (C=O) groups excluding carboxylic acids is 2. The fourth-order valence-corrected chi connectivity index (χ4v) is 3.09. The topological polar surface area (TPSA) is 65.1 Å². The standard InChI is InChI=1S/C21H20BrNO5/c1-13(20(24)27-12-26-3)15-6-9-18-17(11-15)19(28-21(25)23(18)2)10-14-4-7-16(22)8-5-14/h4-11,13H,12H2,1-3H3/b19-10-. The molecule has 1 unspecified atom stereocenters. The minimum Gasteiger partial charge on any atom is -0.438 e. The van der Waals surface area contributed by atoms with E-state index < -0.39 is 12.0 Å². The number of fused-ring (bicyclic) bond motifs is 1. The van der Waals surface area contributed by atoms with E-state index in [9.17, 15) is 9.59 Å². The van der Waals surface area contributed by atoms with Crippen LogP contribution >= 0.6 is 15.9 Å². The Labute approximate surface area is 171 Å². The third-order valence-electron chi connectivity index (χ3n) is 4.46. The van der Waals surface area contributed by atoms with Gasteiger partial charge in [-0.25, -0.2) is 4.79 Å². The Morgan fingerprint density at radius 3 is 2.64 bits per heavy atom. The van der Waals surface area contributed by atoms with Gasteiger partial charge in [0.15, 0.2) is 6.79 Å². The number of halogens is 1. The third-order valence-corrected chi connectivity index (χ3v) is 4.99. The molecule has 0 N–H and O–H groups in total. The molecule has 2 aromatic carbocycles. The van der Waals surface area contributed by atoms with Gasteiger partial charge in [0.05, 0.1) is 11.6 Å². The fourth-order valence-electron chi connectivity index (χ4n) is 2.82. The van der Waals surface area contributed by atoms with Crippen LogP contribution in [0.15, 0.2) is 46.9 Å². The Bertz CT molecular complexity index is 923. The molecular formula is C21H20BrNO5. The molecule has 146 valence electrons. The molecular weight excluding hydrogens is 426 g/mol. The van der Waals surface area contributed by atoms with Gasteiger partial charge in [0.2, 0.25) is 0 Å². The molecule has 0 spiro atoms.